The molecule has 0 saturated heterocycles. The summed E-state index contributed by atoms with van der Waals surface area (Å²) >= 11 is 3.23. The van der Waals surface area contributed by atoms with Gasteiger partial charge in [-0.2, -0.15) is 5.26 Å². The molecule has 2 aromatic rings. The van der Waals surface area contributed by atoms with Crippen molar-refractivity contribution in [1.29, 1.82) is 5.26 Å². The highest BCUT2D eigenvalue weighted by Gasteiger charge is 2.14. The van der Waals surface area contributed by atoms with E-state index in [0.717, 1.165) is 4.47 Å². The Labute approximate surface area is 119 Å². The number of aromatic nitrogens is 1. The van der Waals surface area contributed by atoms with Gasteiger partial charge in [0.1, 0.15) is 5.82 Å². The van der Waals surface area contributed by atoms with Crippen LogP contribution in [0.1, 0.15) is 5.56 Å². The van der Waals surface area contributed by atoms with Gasteiger partial charge in [-0.05, 0) is 36.4 Å². The number of sulfonamides is 1. The number of hydrogen-bond acceptors (Lipinski definition) is 4. The van der Waals surface area contributed by atoms with Crippen LogP contribution in [-0.2, 0) is 10.0 Å². The average Bonchev–Trinajstić information content (AvgIpc) is 2.38. The molecule has 1 aromatic heterocycles. The first-order chi connectivity index (χ1) is 9.01. The lowest BCUT2D eigenvalue weighted by atomic mass is 10.2. The number of benzene rings is 1. The molecule has 0 unspecified atom stereocenters. The Morgan fingerprint density at radius 1 is 1.21 bits per heavy atom. The molecule has 1 heterocycles. The van der Waals surface area contributed by atoms with E-state index < -0.39 is 10.0 Å². The Balaban J connectivity index is 2.30. The molecule has 0 spiro atoms. The number of nitrogens with zero attached hydrogens (tertiary/aromatic N) is 2. The molecule has 2 rings (SSSR count). The Kier molecular flexibility index (Phi) is 3.83. The molecule has 1 aromatic carbocycles. The van der Waals surface area contributed by atoms with Crippen LogP contribution < -0.4 is 4.72 Å². The maximum absolute atomic E-state index is 12.1. The first-order valence-corrected chi connectivity index (χ1v) is 7.43. The number of hydrogen-bond donors (Lipinski definition) is 1. The van der Waals surface area contributed by atoms with Gasteiger partial charge in [0.05, 0.1) is 16.5 Å². The van der Waals surface area contributed by atoms with Crippen molar-refractivity contribution in [3.05, 3.63) is 52.6 Å². The van der Waals surface area contributed by atoms with Gasteiger partial charge >= 0.3 is 0 Å². The minimum atomic E-state index is -3.70. The van der Waals surface area contributed by atoms with E-state index in [1.54, 1.807) is 12.1 Å². The molecule has 0 aliphatic carbocycles. The molecular formula is C12H8BrN3O2S. The molecule has 0 aliphatic heterocycles. The summed E-state index contributed by atoms with van der Waals surface area (Å²) in [5, 5.41) is 8.67. The maximum Gasteiger partial charge on any atom is 0.263 e. The monoisotopic (exact) mass is 337 g/mol. The smallest absolute Gasteiger partial charge is 0.263 e. The van der Waals surface area contributed by atoms with Gasteiger partial charge in [0, 0.05) is 10.7 Å². The summed E-state index contributed by atoms with van der Waals surface area (Å²) in [5.74, 6) is 0.221. The molecule has 0 saturated carbocycles. The van der Waals surface area contributed by atoms with Crippen LogP contribution in [-0.4, -0.2) is 13.4 Å². The molecule has 0 amide bonds. The second-order valence-electron chi connectivity index (χ2n) is 3.60. The van der Waals surface area contributed by atoms with E-state index in [-0.39, 0.29) is 10.7 Å². The molecule has 1 N–H and O–H groups in total. The maximum atomic E-state index is 12.1. The summed E-state index contributed by atoms with van der Waals surface area (Å²) in [6.07, 6.45) is 1.49. The molecule has 0 aliphatic rings. The number of halogens is 1. The molecule has 19 heavy (non-hydrogen) atoms. The number of anilines is 1. The summed E-state index contributed by atoms with van der Waals surface area (Å²) in [7, 11) is -3.70. The van der Waals surface area contributed by atoms with Gasteiger partial charge in [-0.15, -0.1) is 0 Å². The zero-order chi connectivity index (χ0) is 13.9. The Hall–Kier alpha value is -1.91. The van der Waals surface area contributed by atoms with Crippen molar-refractivity contribution in [3.63, 3.8) is 0 Å². The fourth-order valence-electron chi connectivity index (χ4n) is 1.37. The molecule has 96 valence electrons. The molecule has 0 radical (unpaired) electrons. The van der Waals surface area contributed by atoms with E-state index in [2.05, 4.69) is 25.6 Å². The summed E-state index contributed by atoms with van der Waals surface area (Å²) in [6, 6.07) is 10.8. The summed E-state index contributed by atoms with van der Waals surface area (Å²) in [4.78, 5) is 3.99. The van der Waals surface area contributed by atoms with Crippen LogP contribution in [0.5, 0.6) is 0 Å². The van der Waals surface area contributed by atoms with Crippen LogP contribution in [0.3, 0.4) is 0 Å². The number of nitriles is 1. The van der Waals surface area contributed by atoms with Crippen molar-refractivity contribution in [2.45, 2.75) is 4.90 Å². The van der Waals surface area contributed by atoms with Crippen LogP contribution >= 0.6 is 15.9 Å². The zero-order valence-electron chi connectivity index (χ0n) is 9.54. The van der Waals surface area contributed by atoms with E-state index in [9.17, 15) is 8.42 Å². The van der Waals surface area contributed by atoms with Crippen LogP contribution in [0.2, 0.25) is 0 Å². The fraction of sp³-hybridized carbons (Fsp3) is 0. The zero-order valence-corrected chi connectivity index (χ0v) is 11.9. The number of nitrogens with one attached hydrogen (secondary N) is 1. The topological polar surface area (TPSA) is 82.8 Å². The van der Waals surface area contributed by atoms with Gasteiger partial charge in [0.15, 0.2) is 0 Å². The second-order valence-corrected chi connectivity index (χ2v) is 6.20. The van der Waals surface area contributed by atoms with Crippen molar-refractivity contribution in [3.8, 4) is 6.07 Å². The third-order valence-corrected chi connectivity index (χ3v) is 4.12. The van der Waals surface area contributed by atoms with Crippen LogP contribution in [0, 0.1) is 11.3 Å². The molecule has 0 atom stereocenters. The summed E-state index contributed by atoms with van der Waals surface area (Å²) in [5.41, 5.74) is 0.402. The predicted octanol–water partition coefficient (Wildman–Crippen LogP) is 2.52. The third kappa shape index (κ3) is 3.30. The van der Waals surface area contributed by atoms with Crippen LogP contribution in [0.4, 0.5) is 5.82 Å². The van der Waals surface area contributed by atoms with Crippen molar-refractivity contribution in [1.82, 2.24) is 4.98 Å². The van der Waals surface area contributed by atoms with Gasteiger partial charge in [0.25, 0.3) is 10.0 Å². The van der Waals surface area contributed by atoms with E-state index in [1.165, 1.54) is 30.5 Å². The lowest BCUT2D eigenvalue weighted by Gasteiger charge is -2.07. The highest BCUT2D eigenvalue weighted by molar-refractivity contribution is 9.10. The van der Waals surface area contributed by atoms with Gasteiger partial charge in [-0.3, -0.25) is 4.72 Å². The normalized spacial score (nSPS) is 10.7. The highest BCUT2D eigenvalue weighted by Crippen LogP contribution is 2.17. The average molecular weight is 338 g/mol. The van der Waals surface area contributed by atoms with Crippen molar-refractivity contribution >= 4 is 31.8 Å². The number of pyridine rings is 1. The fourth-order valence-corrected chi connectivity index (χ4v) is 2.70. The minimum Gasteiger partial charge on any atom is -0.263 e. The Morgan fingerprint density at radius 2 is 1.89 bits per heavy atom. The lowest BCUT2D eigenvalue weighted by molar-refractivity contribution is 0.601. The van der Waals surface area contributed by atoms with Crippen LogP contribution in [0.25, 0.3) is 0 Å². The van der Waals surface area contributed by atoms with Crippen molar-refractivity contribution in [2.24, 2.45) is 0 Å². The molecule has 0 fully saturated rings. The summed E-state index contributed by atoms with van der Waals surface area (Å²) in [6.45, 7) is 0. The summed E-state index contributed by atoms with van der Waals surface area (Å²) < 4.78 is 27.2. The largest absolute Gasteiger partial charge is 0.263 e. The lowest BCUT2D eigenvalue weighted by Crippen LogP contribution is -2.13. The second kappa shape index (κ2) is 5.38. The van der Waals surface area contributed by atoms with E-state index in [0.29, 0.717) is 5.56 Å². The van der Waals surface area contributed by atoms with Crippen LogP contribution in [0.15, 0.2) is 52.0 Å². The van der Waals surface area contributed by atoms with Crippen molar-refractivity contribution in [2.75, 3.05) is 4.72 Å². The first kappa shape index (κ1) is 13.5. The van der Waals surface area contributed by atoms with E-state index >= 15 is 0 Å². The molecule has 5 nitrogen and oxygen atoms in total. The predicted molar refractivity (Wildman–Crippen MR) is 73.9 cm³/mol. The molecule has 0 bridgehead atoms. The third-order valence-electron chi connectivity index (χ3n) is 2.25. The van der Waals surface area contributed by atoms with E-state index in [1.807, 2.05) is 6.07 Å². The van der Waals surface area contributed by atoms with Gasteiger partial charge < -0.3 is 0 Å². The van der Waals surface area contributed by atoms with Gasteiger partial charge in [0.2, 0.25) is 0 Å². The SMILES string of the molecule is N#Cc1ccc(S(=O)(=O)Nc2cc(Br)ccn2)cc1. The number of rotatable bonds is 3. The van der Waals surface area contributed by atoms with Gasteiger partial charge in [-0.25, -0.2) is 13.4 Å². The minimum absolute atomic E-state index is 0.0771. The van der Waals surface area contributed by atoms with Crippen molar-refractivity contribution < 1.29 is 8.42 Å². The Morgan fingerprint density at radius 3 is 2.47 bits per heavy atom. The highest BCUT2D eigenvalue weighted by atomic mass is 79.9. The molecular weight excluding hydrogens is 330 g/mol. The first-order valence-electron chi connectivity index (χ1n) is 5.16. The standard InChI is InChI=1S/C12H8BrN3O2S/c13-10-5-6-15-12(7-10)16-19(17,18)11-3-1-9(8-14)2-4-11/h1-7H,(H,15,16). The molecule has 7 heteroatoms. The van der Waals surface area contributed by atoms with Gasteiger partial charge in [-0.1, -0.05) is 15.9 Å². The quantitative estimate of drug-likeness (QED) is 0.932. The van der Waals surface area contributed by atoms with E-state index in [4.69, 9.17) is 5.26 Å². The Bertz CT molecular complexity index is 736.